The largest absolute Gasteiger partial charge is 0.478 e. The number of amides is 1. The quantitative estimate of drug-likeness (QED) is 0.656. The minimum absolute atomic E-state index is 0.0643. The zero-order valence-electron chi connectivity index (χ0n) is 15.2. The number of carboxylic acid groups (broad SMARTS) is 1. The highest BCUT2D eigenvalue weighted by Crippen LogP contribution is 2.24. The number of hydrogen-bond donors (Lipinski definition) is 2. The van der Waals surface area contributed by atoms with Crippen LogP contribution in [0.4, 0.5) is 0 Å². The average molecular weight is 424 g/mol. The van der Waals surface area contributed by atoms with Gasteiger partial charge in [-0.15, -0.1) is 0 Å². The van der Waals surface area contributed by atoms with Crippen LogP contribution < -0.4 is 5.32 Å². The summed E-state index contributed by atoms with van der Waals surface area (Å²) in [4.78, 5) is 36.1. The number of carbonyl (C=O) groups excluding carboxylic acids is 2. The summed E-state index contributed by atoms with van der Waals surface area (Å²) in [5, 5.41) is 11.9. The third-order valence-electron chi connectivity index (χ3n) is 3.77. The summed E-state index contributed by atoms with van der Waals surface area (Å²) < 4.78 is 5.23. The van der Waals surface area contributed by atoms with Crippen LogP contribution in [0.1, 0.15) is 40.1 Å². The van der Waals surface area contributed by atoms with E-state index in [1.807, 2.05) is 0 Å². The second-order valence-corrected chi connectivity index (χ2v) is 7.13. The Morgan fingerprint density at radius 1 is 1.04 bits per heavy atom. The number of benzene rings is 2. The normalized spacial score (nSPS) is 11.8. The molecule has 148 valence electrons. The van der Waals surface area contributed by atoms with Gasteiger partial charge in [-0.05, 0) is 43.7 Å². The zero-order chi connectivity index (χ0) is 20.8. The maximum Gasteiger partial charge on any atom is 0.335 e. The molecule has 0 aliphatic carbocycles. The van der Waals surface area contributed by atoms with Gasteiger partial charge in [0.1, 0.15) is 6.04 Å². The summed E-state index contributed by atoms with van der Waals surface area (Å²) in [6, 6.07) is 9.66. The van der Waals surface area contributed by atoms with Gasteiger partial charge in [0.2, 0.25) is 0 Å². The van der Waals surface area contributed by atoms with Crippen molar-refractivity contribution in [2.75, 3.05) is 0 Å². The fraction of sp³-hybridized carbons (Fsp3) is 0.250. The molecule has 6 nitrogen and oxygen atoms in total. The van der Waals surface area contributed by atoms with E-state index < -0.39 is 23.9 Å². The lowest BCUT2D eigenvalue weighted by molar-refractivity contribution is -0.149. The zero-order valence-corrected chi connectivity index (χ0v) is 16.8. The van der Waals surface area contributed by atoms with Gasteiger partial charge in [-0.3, -0.25) is 4.79 Å². The minimum Gasteiger partial charge on any atom is -0.478 e. The highest BCUT2D eigenvalue weighted by atomic mass is 35.5. The SMILES string of the molecule is CC(C)OC(=O)C(Cc1ccc(C(=O)O)cc1)NC(=O)c1c(Cl)cccc1Cl. The Labute approximate surface area is 172 Å². The van der Waals surface area contributed by atoms with Crippen LogP contribution in [-0.2, 0) is 16.0 Å². The number of carbonyl (C=O) groups is 3. The lowest BCUT2D eigenvalue weighted by atomic mass is 10.0. The molecule has 2 aromatic rings. The van der Waals surface area contributed by atoms with Crippen molar-refractivity contribution in [3.05, 3.63) is 69.2 Å². The number of halogens is 2. The second kappa shape index (κ2) is 9.57. The van der Waals surface area contributed by atoms with Gasteiger partial charge < -0.3 is 15.2 Å². The second-order valence-electron chi connectivity index (χ2n) is 6.31. The van der Waals surface area contributed by atoms with Crippen molar-refractivity contribution in [2.24, 2.45) is 0 Å². The molecule has 0 spiro atoms. The predicted molar refractivity (Wildman–Crippen MR) is 106 cm³/mol. The number of ether oxygens (including phenoxy) is 1. The van der Waals surface area contributed by atoms with E-state index in [2.05, 4.69) is 5.32 Å². The molecule has 0 aliphatic heterocycles. The summed E-state index contributed by atoms with van der Waals surface area (Å²) in [6.45, 7) is 3.40. The predicted octanol–water partition coefficient (Wildman–Crippen LogP) is 3.98. The van der Waals surface area contributed by atoms with Crippen LogP contribution in [0, 0.1) is 0 Å². The molecule has 0 saturated carbocycles. The molecule has 0 heterocycles. The Morgan fingerprint density at radius 3 is 2.11 bits per heavy atom. The minimum atomic E-state index is -1.05. The third kappa shape index (κ3) is 5.71. The van der Waals surface area contributed by atoms with E-state index in [1.165, 1.54) is 24.3 Å². The summed E-state index contributed by atoms with van der Waals surface area (Å²) in [5.74, 6) is -2.28. The van der Waals surface area contributed by atoms with Crippen molar-refractivity contribution in [2.45, 2.75) is 32.4 Å². The number of carboxylic acids is 1. The summed E-state index contributed by atoms with van der Waals surface area (Å²) in [7, 11) is 0. The van der Waals surface area contributed by atoms with Gasteiger partial charge in [-0.25, -0.2) is 9.59 Å². The van der Waals surface area contributed by atoms with E-state index in [1.54, 1.807) is 32.0 Å². The molecule has 2 N–H and O–H groups in total. The molecule has 1 amide bonds. The van der Waals surface area contributed by atoms with Crippen LogP contribution in [0.25, 0.3) is 0 Å². The highest BCUT2D eigenvalue weighted by Gasteiger charge is 2.26. The molecule has 0 fully saturated rings. The van der Waals surface area contributed by atoms with Crippen LogP contribution in [0.3, 0.4) is 0 Å². The fourth-order valence-corrected chi connectivity index (χ4v) is 3.04. The van der Waals surface area contributed by atoms with Crippen LogP contribution >= 0.6 is 23.2 Å². The lowest BCUT2D eigenvalue weighted by Crippen LogP contribution is -2.44. The van der Waals surface area contributed by atoms with Crippen molar-refractivity contribution >= 4 is 41.0 Å². The monoisotopic (exact) mass is 423 g/mol. The molecule has 8 heteroatoms. The van der Waals surface area contributed by atoms with Crippen molar-refractivity contribution < 1.29 is 24.2 Å². The standard InChI is InChI=1S/C20H19Cl2NO5/c1-11(2)28-20(27)16(10-12-6-8-13(9-7-12)19(25)26)23-18(24)17-14(21)4-3-5-15(17)22/h3-9,11,16H,10H2,1-2H3,(H,23,24)(H,25,26). The highest BCUT2D eigenvalue weighted by molar-refractivity contribution is 6.39. The van der Waals surface area contributed by atoms with Crippen LogP contribution in [0.5, 0.6) is 0 Å². The molecule has 0 radical (unpaired) electrons. The van der Waals surface area contributed by atoms with E-state index in [9.17, 15) is 14.4 Å². The molecule has 0 aromatic heterocycles. The van der Waals surface area contributed by atoms with Crippen molar-refractivity contribution in [1.29, 1.82) is 0 Å². The van der Waals surface area contributed by atoms with Crippen LogP contribution in [0.2, 0.25) is 10.0 Å². The Kier molecular flexibility index (Phi) is 7.43. The maximum atomic E-state index is 12.7. The first-order chi connectivity index (χ1) is 13.2. The van der Waals surface area contributed by atoms with E-state index in [0.717, 1.165) is 0 Å². The topological polar surface area (TPSA) is 92.7 Å². The van der Waals surface area contributed by atoms with E-state index in [-0.39, 0.29) is 33.7 Å². The molecule has 0 aliphatic rings. The van der Waals surface area contributed by atoms with E-state index >= 15 is 0 Å². The first kappa shape index (κ1) is 21.7. The molecule has 2 rings (SSSR count). The molecule has 0 bridgehead atoms. The Bertz CT molecular complexity index is 860. The molecule has 0 saturated heterocycles. The van der Waals surface area contributed by atoms with Gasteiger partial charge in [0, 0.05) is 6.42 Å². The lowest BCUT2D eigenvalue weighted by Gasteiger charge is -2.20. The number of aromatic carboxylic acids is 1. The van der Waals surface area contributed by atoms with Crippen LogP contribution in [0.15, 0.2) is 42.5 Å². The number of nitrogens with one attached hydrogen (secondary N) is 1. The van der Waals surface area contributed by atoms with Gasteiger partial charge in [-0.1, -0.05) is 41.4 Å². The summed E-state index contributed by atoms with van der Waals surface area (Å²) >= 11 is 12.1. The number of esters is 1. The number of rotatable bonds is 7. The number of hydrogen-bond acceptors (Lipinski definition) is 4. The van der Waals surface area contributed by atoms with E-state index in [0.29, 0.717) is 5.56 Å². The summed E-state index contributed by atoms with van der Waals surface area (Å²) in [5.41, 5.74) is 0.840. The third-order valence-corrected chi connectivity index (χ3v) is 4.40. The summed E-state index contributed by atoms with van der Waals surface area (Å²) in [6.07, 6.45) is -0.260. The molecule has 28 heavy (non-hydrogen) atoms. The molecular weight excluding hydrogens is 405 g/mol. The molecule has 2 aromatic carbocycles. The van der Waals surface area contributed by atoms with Crippen LogP contribution in [-0.4, -0.2) is 35.1 Å². The Morgan fingerprint density at radius 2 is 1.61 bits per heavy atom. The van der Waals surface area contributed by atoms with Gasteiger partial charge in [0.05, 0.1) is 27.3 Å². The van der Waals surface area contributed by atoms with Gasteiger partial charge in [0.15, 0.2) is 0 Å². The Hall–Kier alpha value is -2.57. The van der Waals surface area contributed by atoms with Gasteiger partial charge in [0.25, 0.3) is 5.91 Å². The Balaban J connectivity index is 2.25. The first-order valence-electron chi connectivity index (χ1n) is 8.46. The maximum absolute atomic E-state index is 12.7. The smallest absolute Gasteiger partial charge is 0.335 e. The van der Waals surface area contributed by atoms with E-state index in [4.69, 9.17) is 33.0 Å². The fourth-order valence-electron chi connectivity index (χ4n) is 2.47. The van der Waals surface area contributed by atoms with Gasteiger partial charge in [-0.2, -0.15) is 0 Å². The first-order valence-corrected chi connectivity index (χ1v) is 9.22. The average Bonchev–Trinajstić information content (AvgIpc) is 2.60. The van der Waals surface area contributed by atoms with Crippen molar-refractivity contribution in [3.8, 4) is 0 Å². The molecule has 1 atom stereocenters. The molecular formula is C20H19Cl2NO5. The molecule has 1 unspecified atom stereocenters. The van der Waals surface area contributed by atoms with Gasteiger partial charge >= 0.3 is 11.9 Å². The van der Waals surface area contributed by atoms with Crippen molar-refractivity contribution in [3.63, 3.8) is 0 Å². The van der Waals surface area contributed by atoms with Crippen molar-refractivity contribution in [1.82, 2.24) is 5.32 Å².